The van der Waals surface area contributed by atoms with Crippen LogP contribution in [0.4, 0.5) is 11.4 Å². The maximum absolute atomic E-state index is 13.6. The van der Waals surface area contributed by atoms with Crippen LogP contribution in [-0.4, -0.2) is 153 Å². The minimum Gasteiger partial charge on any atom is -0.394 e. The van der Waals surface area contributed by atoms with E-state index in [-0.39, 0.29) is 81.2 Å². The van der Waals surface area contributed by atoms with Crippen LogP contribution in [0, 0.1) is 21.4 Å². The summed E-state index contributed by atoms with van der Waals surface area (Å²) in [6.45, 7) is -4.25. The second kappa shape index (κ2) is 24.5. The van der Waals surface area contributed by atoms with Gasteiger partial charge in [-0.1, -0.05) is 0 Å². The molecule has 2 rings (SSSR count). The summed E-state index contributed by atoms with van der Waals surface area (Å²) in [5, 5.41) is 90.3. The Kier molecular flexibility index (Phi) is 22.6. The van der Waals surface area contributed by atoms with Crippen LogP contribution < -0.4 is 31.9 Å². The number of rotatable bonds is 18. The van der Waals surface area contributed by atoms with Gasteiger partial charge in [0.05, 0.1) is 98.8 Å². The van der Waals surface area contributed by atoms with Crippen molar-refractivity contribution >= 4 is 182 Å². The summed E-state index contributed by atoms with van der Waals surface area (Å²) >= 11 is 10.3. The summed E-state index contributed by atoms with van der Waals surface area (Å²) in [7, 11) is 0. The molecule has 0 radical (unpaired) electrons. The van der Waals surface area contributed by atoms with Gasteiger partial charge in [0.1, 0.15) is 0 Å². The van der Waals surface area contributed by atoms with E-state index in [1.165, 1.54) is 0 Å². The number of carbonyl (C=O) groups excluding carboxylic acids is 6. The van der Waals surface area contributed by atoms with E-state index in [4.69, 9.17) is 0 Å². The van der Waals surface area contributed by atoms with Gasteiger partial charge in [0.15, 0.2) is 0 Å². The molecule has 2 aromatic carbocycles. The van der Waals surface area contributed by atoms with Crippen molar-refractivity contribution in [2.75, 3.05) is 63.2 Å². The summed E-state index contributed by atoms with van der Waals surface area (Å²) < 4.78 is 0.338. The predicted octanol–water partition coefficient (Wildman–Crippen LogP) is -1.78. The smallest absolute Gasteiger partial charge is 0.314 e. The molecule has 0 aliphatic rings. The highest BCUT2D eigenvalue weighted by atomic mass is 127. The molecule has 20 nitrogen and oxygen atoms in total. The lowest BCUT2D eigenvalue weighted by Crippen LogP contribution is -2.38. The SMILES string of the molecule is O=C(Nc1c(I)c(C(=O)NCC(O)CO)c(I)c(C(=O)NCC(O)CO)c1I)C(=O)Nc1c(I)c(C(=O)NCC(O)CO)c(I)c(C(=O)NCC(O)CO)c1I. The zero-order valence-electron chi connectivity index (χ0n) is 28.3. The van der Waals surface area contributed by atoms with E-state index >= 15 is 0 Å². The molecule has 0 aliphatic heterocycles. The average Bonchev–Trinajstić information content (AvgIpc) is 3.16. The van der Waals surface area contributed by atoms with Gasteiger partial charge < -0.3 is 72.8 Å². The second-order valence-corrected chi connectivity index (χ2v) is 17.7. The van der Waals surface area contributed by atoms with Gasteiger partial charge in [-0.3, -0.25) is 28.8 Å². The van der Waals surface area contributed by atoms with E-state index in [2.05, 4.69) is 31.9 Å². The molecule has 0 aromatic heterocycles. The van der Waals surface area contributed by atoms with Gasteiger partial charge >= 0.3 is 11.8 Å². The third-order valence-electron chi connectivity index (χ3n) is 7.06. The molecule has 0 aliphatic carbocycles. The Morgan fingerprint density at radius 2 is 0.589 bits per heavy atom. The van der Waals surface area contributed by atoms with Crippen molar-refractivity contribution in [2.24, 2.45) is 0 Å². The Bertz CT molecular complexity index is 1600. The molecule has 4 unspecified atom stereocenters. The highest BCUT2D eigenvalue weighted by Crippen LogP contribution is 2.37. The van der Waals surface area contributed by atoms with Gasteiger partial charge in [-0.05, 0) is 136 Å². The third kappa shape index (κ3) is 13.7. The maximum atomic E-state index is 13.6. The van der Waals surface area contributed by atoms with Gasteiger partial charge in [-0.15, -0.1) is 0 Å². The van der Waals surface area contributed by atoms with Crippen LogP contribution in [0.5, 0.6) is 0 Å². The molecule has 0 heterocycles. The fraction of sp³-hybridized carbons (Fsp3) is 0.400. The Balaban J connectivity index is 2.69. The first-order valence-corrected chi connectivity index (χ1v) is 22.1. The highest BCUT2D eigenvalue weighted by Gasteiger charge is 2.32. The first-order valence-electron chi connectivity index (χ1n) is 15.6. The van der Waals surface area contributed by atoms with Gasteiger partial charge in [0.25, 0.3) is 23.6 Å². The summed E-state index contributed by atoms with van der Waals surface area (Å²) in [6.07, 6.45) is -5.30. The van der Waals surface area contributed by atoms with Crippen molar-refractivity contribution in [1.82, 2.24) is 21.3 Å². The number of hydrogen-bond donors (Lipinski definition) is 14. The quantitative estimate of drug-likeness (QED) is 0.0581. The van der Waals surface area contributed by atoms with Gasteiger partial charge in [-0.2, -0.15) is 0 Å². The molecule has 4 atom stereocenters. The number of aliphatic hydroxyl groups excluding tert-OH is 8. The first kappa shape index (κ1) is 51.5. The normalized spacial score (nSPS) is 13.2. The number of anilines is 2. The van der Waals surface area contributed by atoms with E-state index in [0.717, 1.165) is 0 Å². The lowest BCUT2D eigenvalue weighted by molar-refractivity contribution is -0.133. The Labute approximate surface area is 399 Å². The summed E-state index contributed by atoms with van der Waals surface area (Å²) in [5.74, 6) is -6.00. The minimum absolute atomic E-state index is 0.0481. The Morgan fingerprint density at radius 3 is 0.768 bits per heavy atom. The van der Waals surface area contributed by atoms with Crippen molar-refractivity contribution in [3.8, 4) is 0 Å². The Hall–Kier alpha value is -0.680. The molecule has 0 bridgehead atoms. The number of aliphatic hydroxyl groups is 8. The van der Waals surface area contributed by atoms with Gasteiger partial charge in [0, 0.05) is 33.3 Å². The lowest BCUT2D eigenvalue weighted by atomic mass is 10.1. The van der Waals surface area contributed by atoms with Crippen molar-refractivity contribution in [3.63, 3.8) is 0 Å². The molecule has 0 saturated heterocycles. The van der Waals surface area contributed by atoms with Gasteiger partial charge in [0.2, 0.25) is 0 Å². The number of carbonyl (C=O) groups is 6. The maximum Gasteiger partial charge on any atom is 0.314 e. The Morgan fingerprint density at radius 1 is 0.393 bits per heavy atom. The van der Waals surface area contributed by atoms with Crippen molar-refractivity contribution in [3.05, 3.63) is 43.7 Å². The van der Waals surface area contributed by atoms with Crippen LogP contribution in [0.1, 0.15) is 41.4 Å². The number of amides is 6. The molecule has 0 saturated carbocycles. The molecule has 2 aromatic rings. The number of halogens is 6. The molecular weight excluding hydrogens is 1430 g/mol. The third-order valence-corrected chi connectivity index (χ3v) is 13.5. The van der Waals surface area contributed by atoms with Crippen molar-refractivity contribution < 1.29 is 69.6 Å². The van der Waals surface area contributed by atoms with E-state index in [1.54, 1.807) is 136 Å². The fourth-order valence-corrected chi connectivity index (χ4v) is 13.0. The van der Waals surface area contributed by atoms with Crippen molar-refractivity contribution in [1.29, 1.82) is 0 Å². The number of nitrogens with one attached hydrogen (secondary N) is 6. The van der Waals surface area contributed by atoms with E-state index < -0.39 is 86.3 Å². The van der Waals surface area contributed by atoms with E-state index in [9.17, 15) is 69.6 Å². The van der Waals surface area contributed by atoms with Crippen LogP contribution in [-0.2, 0) is 9.59 Å². The molecule has 6 amide bonds. The molecule has 0 spiro atoms. The fourth-order valence-electron chi connectivity index (χ4n) is 4.14. The average molecular weight is 1460 g/mol. The minimum atomic E-state index is -1.34. The van der Waals surface area contributed by atoms with E-state index in [1.807, 2.05) is 0 Å². The number of hydrogen-bond acceptors (Lipinski definition) is 14. The largest absolute Gasteiger partial charge is 0.394 e. The molecule has 0 fully saturated rings. The van der Waals surface area contributed by atoms with Crippen molar-refractivity contribution in [2.45, 2.75) is 24.4 Å². The summed E-state index contributed by atoms with van der Waals surface area (Å²) in [4.78, 5) is 80.7. The first-order chi connectivity index (χ1) is 26.3. The molecule has 14 N–H and O–H groups in total. The monoisotopic (exact) mass is 1460 g/mol. The highest BCUT2D eigenvalue weighted by molar-refractivity contribution is 14.1. The summed E-state index contributed by atoms with van der Waals surface area (Å²) in [6, 6.07) is 0. The second-order valence-electron chi connectivity index (χ2n) is 11.2. The van der Waals surface area contributed by atoms with Crippen LogP contribution in [0.3, 0.4) is 0 Å². The molecule has 56 heavy (non-hydrogen) atoms. The lowest BCUT2D eigenvalue weighted by Gasteiger charge is -2.21. The van der Waals surface area contributed by atoms with Gasteiger partial charge in [-0.25, -0.2) is 0 Å². The van der Waals surface area contributed by atoms with Crippen LogP contribution >= 0.6 is 136 Å². The standard InChI is InChI=1S/C30H34I6N6O14/c31-17-13(25(51)37-1-9(47)5-43)19(33)23(20(34)14(17)26(52)38-2-10(48)6-44)41-29(55)30(56)42-24-21(35)15(27(53)39-3-11(49)7-45)18(32)16(22(24)36)28(54)40-4-12(50)8-46/h9-12,43-50H,1-8H2,(H,37,51)(H,38,52)(H,39,53)(H,40,54)(H,41,55)(H,42,56). The van der Waals surface area contributed by atoms with Crippen LogP contribution in [0.25, 0.3) is 0 Å². The van der Waals surface area contributed by atoms with Crippen LogP contribution in [0.2, 0.25) is 0 Å². The van der Waals surface area contributed by atoms with E-state index in [0.29, 0.717) is 0 Å². The zero-order valence-corrected chi connectivity index (χ0v) is 41.2. The molecular formula is C30H34I6N6O14. The topological polar surface area (TPSA) is 336 Å². The predicted molar refractivity (Wildman–Crippen MR) is 248 cm³/mol. The zero-order chi connectivity index (χ0) is 42.6. The summed E-state index contributed by atoms with van der Waals surface area (Å²) in [5.41, 5.74) is -0.997. The number of benzene rings is 2. The molecule has 310 valence electrons. The van der Waals surface area contributed by atoms with Crippen LogP contribution in [0.15, 0.2) is 0 Å². The molecule has 26 heteroatoms.